The van der Waals surface area contributed by atoms with Gasteiger partial charge in [-0.2, -0.15) is 0 Å². The Labute approximate surface area is 124 Å². The summed E-state index contributed by atoms with van der Waals surface area (Å²) in [6.07, 6.45) is 4.91. The van der Waals surface area contributed by atoms with Crippen LogP contribution in [0, 0.1) is 5.92 Å². The highest BCUT2D eigenvalue weighted by Gasteiger charge is 2.27. The van der Waals surface area contributed by atoms with E-state index < -0.39 is 0 Å². The van der Waals surface area contributed by atoms with Crippen molar-refractivity contribution in [3.63, 3.8) is 0 Å². The van der Waals surface area contributed by atoms with Gasteiger partial charge in [0.1, 0.15) is 0 Å². The van der Waals surface area contributed by atoms with E-state index in [0.717, 1.165) is 41.5 Å². The molecule has 18 heavy (non-hydrogen) atoms. The summed E-state index contributed by atoms with van der Waals surface area (Å²) < 4.78 is 12.5. The van der Waals surface area contributed by atoms with E-state index in [1.807, 2.05) is 6.07 Å². The topological polar surface area (TPSA) is 18.5 Å². The molecule has 1 heterocycles. The first-order chi connectivity index (χ1) is 8.74. The van der Waals surface area contributed by atoms with Crippen molar-refractivity contribution in [1.29, 1.82) is 0 Å². The molecule has 2 aliphatic rings. The van der Waals surface area contributed by atoms with E-state index in [4.69, 9.17) is 9.47 Å². The Hall–Kier alpha value is -0.220. The van der Waals surface area contributed by atoms with Crippen LogP contribution in [0.1, 0.15) is 36.1 Å². The van der Waals surface area contributed by atoms with E-state index in [-0.39, 0.29) is 0 Å². The fourth-order valence-electron chi connectivity index (χ4n) is 2.21. The van der Waals surface area contributed by atoms with Gasteiger partial charge in [-0.25, -0.2) is 0 Å². The summed E-state index contributed by atoms with van der Waals surface area (Å²) in [7, 11) is 0. The molecule has 0 bridgehead atoms. The highest BCUT2D eigenvalue weighted by molar-refractivity contribution is 9.11. The maximum Gasteiger partial charge on any atom is 0.162 e. The zero-order chi connectivity index (χ0) is 12.5. The molecule has 0 saturated heterocycles. The second-order valence-corrected chi connectivity index (χ2v) is 6.98. The van der Waals surface area contributed by atoms with Gasteiger partial charge in [-0.1, -0.05) is 44.7 Å². The predicted octanol–water partition coefficient (Wildman–Crippen LogP) is 4.85. The molecule has 0 spiro atoms. The van der Waals surface area contributed by atoms with Crippen molar-refractivity contribution in [2.75, 3.05) is 13.2 Å². The lowest BCUT2D eigenvalue weighted by Crippen LogP contribution is -1.97. The van der Waals surface area contributed by atoms with Crippen molar-refractivity contribution >= 4 is 31.9 Å². The number of hydrogen-bond donors (Lipinski definition) is 0. The minimum atomic E-state index is 0.400. The molecule has 1 saturated carbocycles. The maximum absolute atomic E-state index is 5.75. The Morgan fingerprint density at radius 1 is 1.17 bits per heavy atom. The van der Waals surface area contributed by atoms with Crippen LogP contribution in [0.4, 0.5) is 0 Å². The van der Waals surface area contributed by atoms with Crippen molar-refractivity contribution < 1.29 is 9.47 Å². The zero-order valence-electron chi connectivity index (χ0n) is 10.1. The molecular formula is C14H16Br2O2. The summed E-state index contributed by atoms with van der Waals surface area (Å²) in [5.41, 5.74) is 1.27. The minimum absolute atomic E-state index is 0.400. The van der Waals surface area contributed by atoms with Gasteiger partial charge in [-0.15, -0.1) is 0 Å². The summed E-state index contributed by atoms with van der Waals surface area (Å²) >= 11 is 7.44. The number of halogens is 2. The average Bonchev–Trinajstić information content (AvgIpc) is 3.14. The van der Waals surface area contributed by atoms with Crippen molar-refractivity contribution in [2.24, 2.45) is 5.92 Å². The first-order valence-corrected chi connectivity index (χ1v) is 8.18. The molecule has 3 rings (SSSR count). The van der Waals surface area contributed by atoms with Gasteiger partial charge in [-0.3, -0.25) is 0 Å². The Balaban J connectivity index is 1.86. The number of alkyl halides is 1. The molecule has 0 aromatic heterocycles. The predicted molar refractivity (Wildman–Crippen MR) is 78.8 cm³/mol. The fourth-order valence-corrected chi connectivity index (χ4v) is 4.03. The Morgan fingerprint density at radius 2 is 1.83 bits per heavy atom. The smallest absolute Gasteiger partial charge is 0.162 e. The summed E-state index contributed by atoms with van der Waals surface area (Å²) in [6, 6.07) is 4.16. The van der Waals surface area contributed by atoms with Crippen LogP contribution in [0.2, 0.25) is 0 Å². The molecule has 1 aromatic rings. The normalized spacial score (nSPS) is 20.3. The zero-order valence-corrected chi connectivity index (χ0v) is 13.3. The molecule has 4 heteroatoms. The molecular weight excluding hydrogens is 360 g/mol. The molecule has 1 atom stereocenters. The van der Waals surface area contributed by atoms with Crippen LogP contribution in [-0.4, -0.2) is 13.2 Å². The van der Waals surface area contributed by atoms with Crippen LogP contribution in [0.25, 0.3) is 0 Å². The fraction of sp³-hybridized carbons (Fsp3) is 0.571. The third-order valence-electron chi connectivity index (χ3n) is 3.44. The van der Waals surface area contributed by atoms with Gasteiger partial charge >= 0.3 is 0 Å². The van der Waals surface area contributed by atoms with Gasteiger partial charge in [0, 0.05) is 15.7 Å². The molecule has 1 aromatic carbocycles. The minimum Gasteiger partial charge on any atom is -0.490 e. The molecule has 1 unspecified atom stereocenters. The number of rotatable bonds is 3. The maximum atomic E-state index is 5.75. The van der Waals surface area contributed by atoms with Crippen LogP contribution >= 0.6 is 31.9 Å². The van der Waals surface area contributed by atoms with E-state index in [9.17, 15) is 0 Å². The summed E-state index contributed by atoms with van der Waals surface area (Å²) in [5.74, 6) is 2.64. The molecule has 0 radical (unpaired) electrons. The van der Waals surface area contributed by atoms with Gasteiger partial charge in [-0.05, 0) is 30.0 Å². The number of hydrogen-bond acceptors (Lipinski definition) is 2. The molecule has 98 valence electrons. The molecule has 1 aliphatic heterocycles. The van der Waals surface area contributed by atoms with Crippen molar-refractivity contribution in [3.8, 4) is 11.5 Å². The molecule has 0 N–H and O–H groups in total. The second-order valence-electron chi connectivity index (χ2n) is 5.02. The summed E-state index contributed by atoms with van der Waals surface area (Å²) in [5, 5.41) is 0. The van der Waals surface area contributed by atoms with Crippen molar-refractivity contribution in [1.82, 2.24) is 0 Å². The monoisotopic (exact) mass is 374 g/mol. The Kier molecular flexibility index (Phi) is 3.85. The SMILES string of the molecule is Brc1cc2c(cc1C(Br)CC1CC1)OCCCO2. The van der Waals surface area contributed by atoms with Gasteiger partial charge in [0.15, 0.2) is 11.5 Å². The lowest BCUT2D eigenvalue weighted by atomic mass is 10.1. The highest BCUT2D eigenvalue weighted by Crippen LogP contribution is 2.45. The number of fused-ring (bicyclic) bond motifs is 1. The second kappa shape index (κ2) is 5.41. The Bertz CT molecular complexity index is 444. The number of ether oxygens (including phenoxy) is 2. The molecule has 0 amide bonds. The lowest BCUT2D eigenvalue weighted by Gasteiger charge is -2.15. The number of benzene rings is 1. The summed E-state index contributed by atoms with van der Waals surface area (Å²) in [4.78, 5) is 0.400. The Morgan fingerprint density at radius 3 is 2.50 bits per heavy atom. The molecule has 2 nitrogen and oxygen atoms in total. The van der Waals surface area contributed by atoms with Crippen LogP contribution in [0.5, 0.6) is 11.5 Å². The first kappa shape index (κ1) is 12.8. The first-order valence-electron chi connectivity index (χ1n) is 6.47. The van der Waals surface area contributed by atoms with E-state index in [1.165, 1.54) is 24.8 Å². The van der Waals surface area contributed by atoms with Gasteiger partial charge in [0.2, 0.25) is 0 Å². The van der Waals surface area contributed by atoms with E-state index in [0.29, 0.717) is 4.83 Å². The molecule has 1 fully saturated rings. The van der Waals surface area contributed by atoms with E-state index in [1.54, 1.807) is 0 Å². The highest BCUT2D eigenvalue weighted by atomic mass is 79.9. The lowest BCUT2D eigenvalue weighted by molar-refractivity contribution is 0.297. The van der Waals surface area contributed by atoms with Crippen molar-refractivity contribution in [3.05, 3.63) is 22.2 Å². The quantitative estimate of drug-likeness (QED) is 0.703. The molecule has 1 aliphatic carbocycles. The van der Waals surface area contributed by atoms with E-state index >= 15 is 0 Å². The van der Waals surface area contributed by atoms with Crippen molar-refractivity contribution in [2.45, 2.75) is 30.5 Å². The third-order valence-corrected chi connectivity index (χ3v) is 5.00. The third kappa shape index (κ3) is 2.85. The van der Waals surface area contributed by atoms with Crippen LogP contribution in [-0.2, 0) is 0 Å². The van der Waals surface area contributed by atoms with Gasteiger partial charge in [0.05, 0.1) is 13.2 Å². The average molecular weight is 376 g/mol. The summed E-state index contributed by atoms with van der Waals surface area (Å²) in [6.45, 7) is 1.47. The van der Waals surface area contributed by atoms with E-state index in [2.05, 4.69) is 37.9 Å². The van der Waals surface area contributed by atoms with Crippen LogP contribution < -0.4 is 9.47 Å². The van der Waals surface area contributed by atoms with Gasteiger partial charge < -0.3 is 9.47 Å². The van der Waals surface area contributed by atoms with Crippen LogP contribution in [0.3, 0.4) is 0 Å². The standard InChI is InChI=1S/C14H16Br2O2/c15-11(6-9-2-3-9)10-7-13-14(8-12(10)16)18-5-1-4-17-13/h7-9,11H,1-6H2. The largest absolute Gasteiger partial charge is 0.490 e. The van der Waals surface area contributed by atoms with Crippen LogP contribution in [0.15, 0.2) is 16.6 Å². The van der Waals surface area contributed by atoms with Gasteiger partial charge in [0.25, 0.3) is 0 Å².